The van der Waals surface area contributed by atoms with Gasteiger partial charge in [0.2, 0.25) is 0 Å². The van der Waals surface area contributed by atoms with Crippen molar-refractivity contribution < 1.29 is 29.3 Å². The summed E-state index contributed by atoms with van der Waals surface area (Å²) in [4.78, 5) is 27.8. The number of allylic oxidation sites excluding steroid dienone is 1. The van der Waals surface area contributed by atoms with Crippen LogP contribution in [-0.2, 0) is 16.0 Å². The van der Waals surface area contributed by atoms with E-state index in [0.717, 1.165) is 11.1 Å². The molecule has 0 spiro atoms. The minimum Gasteiger partial charge on any atom is -0.508 e. The molecule has 2 N–H and O–H groups in total. The molecule has 7 heteroatoms. The number of aromatic hydroxyl groups is 1. The van der Waals surface area contributed by atoms with Gasteiger partial charge in [0.25, 0.3) is 5.91 Å². The Balaban J connectivity index is 1.64. The predicted octanol–water partition coefficient (Wildman–Crippen LogP) is 4.63. The molecule has 0 bridgehead atoms. The number of carbonyl (C=O) groups excluding carboxylic acids is 2. The largest absolute Gasteiger partial charge is 0.508 e. The number of ketones is 1. The zero-order valence-electron chi connectivity index (χ0n) is 20.0. The van der Waals surface area contributed by atoms with Gasteiger partial charge in [-0.2, -0.15) is 0 Å². The van der Waals surface area contributed by atoms with Crippen LogP contribution >= 0.6 is 0 Å². The third-order valence-corrected chi connectivity index (χ3v) is 6.09. The zero-order valence-corrected chi connectivity index (χ0v) is 20.0. The minimum atomic E-state index is -0.800. The lowest BCUT2D eigenvalue weighted by Crippen LogP contribution is -2.33. The van der Waals surface area contributed by atoms with Crippen LogP contribution in [0.15, 0.2) is 90.2 Å². The summed E-state index contributed by atoms with van der Waals surface area (Å²) in [7, 11) is 3.11. The van der Waals surface area contributed by atoms with Crippen LogP contribution in [0.1, 0.15) is 22.7 Å². The summed E-state index contributed by atoms with van der Waals surface area (Å²) >= 11 is 0. The van der Waals surface area contributed by atoms with E-state index in [4.69, 9.17) is 9.47 Å². The Hall–Kier alpha value is -4.52. The van der Waals surface area contributed by atoms with Crippen LogP contribution in [0.4, 0.5) is 0 Å². The van der Waals surface area contributed by atoms with Gasteiger partial charge in [-0.3, -0.25) is 9.59 Å². The Kier molecular flexibility index (Phi) is 7.39. The standard InChI is InChI=1S/C29H27NO6/c1-35-24-15-9-20(18-25(24)36-2)16-17-30-27(21-10-12-22(31)13-11-21)26(28(33)29(30)34)23(32)14-8-19-6-4-3-5-7-19/h3-15,18,27,31,33H,16-17H2,1-2H3/b14-8+/t27-/m0/s1. The molecule has 1 atom stereocenters. The number of nitrogens with zero attached hydrogens (tertiary/aromatic N) is 1. The lowest BCUT2D eigenvalue weighted by Gasteiger charge is -2.27. The molecule has 7 nitrogen and oxygen atoms in total. The first-order valence-corrected chi connectivity index (χ1v) is 11.4. The Morgan fingerprint density at radius 3 is 2.31 bits per heavy atom. The van der Waals surface area contributed by atoms with Crippen molar-refractivity contribution in [2.45, 2.75) is 12.5 Å². The lowest BCUT2D eigenvalue weighted by atomic mass is 9.95. The molecule has 0 radical (unpaired) electrons. The van der Waals surface area contributed by atoms with E-state index in [-0.39, 0.29) is 17.9 Å². The van der Waals surface area contributed by atoms with Crippen molar-refractivity contribution in [1.29, 1.82) is 0 Å². The van der Waals surface area contributed by atoms with E-state index >= 15 is 0 Å². The van der Waals surface area contributed by atoms with Crippen molar-refractivity contribution in [3.8, 4) is 17.2 Å². The van der Waals surface area contributed by atoms with E-state index in [1.165, 1.54) is 23.1 Å². The molecule has 1 heterocycles. The number of amides is 1. The van der Waals surface area contributed by atoms with E-state index in [2.05, 4.69) is 0 Å². The third kappa shape index (κ3) is 5.10. The molecule has 4 rings (SSSR count). The first kappa shape index (κ1) is 24.6. The van der Waals surface area contributed by atoms with Crippen LogP contribution in [0.25, 0.3) is 6.08 Å². The Morgan fingerprint density at radius 1 is 0.944 bits per heavy atom. The average Bonchev–Trinajstić information content (AvgIpc) is 3.16. The molecule has 1 amide bonds. The maximum absolute atomic E-state index is 13.2. The van der Waals surface area contributed by atoms with Crippen molar-refractivity contribution in [3.05, 3.63) is 107 Å². The van der Waals surface area contributed by atoms with Crippen LogP contribution in [0.3, 0.4) is 0 Å². The van der Waals surface area contributed by atoms with Crippen LogP contribution < -0.4 is 9.47 Å². The van der Waals surface area contributed by atoms with Gasteiger partial charge in [0.15, 0.2) is 23.0 Å². The molecular formula is C29H27NO6. The molecular weight excluding hydrogens is 458 g/mol. The molecule has 184 valence electrons. The Labute approximate surface area is 209 Å². The Morgan fingerprint density at radius 2 is 1.64 bits per heavy atom. The number of phenolic OH excluding ortho intramolecular Hbond substituents is 1. The molecule has 0 unspecified atom stereocenters. The summed E-state index contributed by atoms with van der Waals surface area (Å²) in [6.45, 7) is 0.239. The maximum atomic E-state index is 13.2. The second kappa shape index (κ2) is 10.8. The van der Waals surface area contributed by atoms with Gasteiger partial charge < -0.3 is 24.6 Å². The number of hydrogen-bond acceptors (Lipinski definition) is 6. The highest BCUT2D eigenvalue weighted by atomic mass is 16.5. The molecule has 0 aromatic heterocycles. The topological polar surface area (TPSA) is 96.3 Å². The molecule has 1 aliphatic heterocycles. The second-order valence-corrected chi connectivity index (χ2v) is 8.30. The van der Waals surface area contributed by atoms with Gasteiger partial charge in [-0.1, -0.05) is 54.6 Å². The second-order valence-electron chi connectivity index (χ2n) is 8.30. The minimum absolute atomic E-state index is 0.00480. The number of aliphatic hydroxyl groups is 1. The monoisotopic (exact) mass is 485 g/mol. The average molecular weight is 486 g/mol. The van der Waals surface area contributed by atoms with Crippen LogP contribution in [0.5, 0.6) is 17.2 Å². The van der Waals surface area contributed by atoms with E-state index < -0.39 is 23.5 Å². The highest BCUT2D eigenvalue weighted by Crippen LogP contribution is 2.39. The molecule has 0 saturated heterocycles. The van der Waals surface area contributed by atoms with E-state index in [0.29, 0.717) is 23.5 Å². The van der Waals surface area contributed by atoms with Gasteiger partial charge in [-0.15, -0.1) is 0 Å². The van der Waals surface area contributed by atoms with E-state index in [1.54, 1.807) is 38.5 Å². The molecule has 1 aliphatic rings. The van der Waals surface area contributed by atoms with Gasteiger partial charge in [-0.25, -0.2) is 0 Å². The molecule has 3 aromatic rings. The lowest BCUT2D eigenvalue weighted by molar-refractivity contribution is -0.129. The van der Waals surface area contributed by atoms with Gasteiger partial charge in [0.05, 0.1) is 25.8 Å². The van der Waals surface area contributed by atoms with Crippen LogP contribution in [0.2, 0.25) is 0 Å². The fourth-order valence-electron chi connectivity index (χ4n) is 4.25. The van der Waals surface area contributed by atoms with Crippen molar-refractivity contribution in [2.75, 3.05) is 20.8 Å². The first-order chi connectivity index (χ1) is 17.4. The van der Waals surface area contributed by atoms with E-state index in [1.807, 2.05) is 42.5 Å². The number of phenols is 1. The predicted molar refractivity (Wildman–Crippen MR) is 136 cm³/mol. The number of carbonyl (C=O) groups is 2. The zero-order chi connectivity index (χ0) is 25.7. The fraction of sp³-hybridized carbons (Fsp3) is 0.172. The van der Waals surface area contributed by atoms with Crippen LogP contribution in [0, 0.1) is 0 Å². The normalized spacial score (nSPS) is 15.6. The number of benzene rings is 3. The number of rotatable bonds is 9. The first-order valence-electron chi connectivity index (χ1n) is 11.4. The number of hydrogen-bond donors (Lipinski definition) is 2. The van der Waals surface area contributed by atoms with Crippen molar-refractivity contribution in [2.24, 2.45) is 0 Å². The molecule has 0 aliphatic carbocycles. The number of aliphatic hydroxyl groups excluding tert-OH is 1. The molecule has 3 aromatic carbocycles. The van der Waals surface area contributed by atoms with E-state index in [9.17, 15) is 19.8 Å². The summed E-state index contributed by atoms with van der Waals surface area (Å²) in [6.07, 6.45) is 3.46. The van der Waals surface area contributed by atoms with Crippen molar-refractivity contribution in [1.82, 2.24) is 4.90 Å². The maximum Gasteiger partial charge on any atom is 0.290 e. The summed E-state index contributed by atoms with van der Waals surface area (Å²) in [5.41, 5.74) is 2.33. The molecule has 0 saturated carbocycles. The molecule has 0 fully saturated rings. The van der Waals surface area contributed by atoms with Crippen molar-refractivity contribution in [3.63, 3.8) is 0 Å². The highest BCUT2D eigenvalue weighted by Gasteiger charge is 2.42. The summed E-state index contributed by atoms with van der Waals surface area (Å²) in [6, 6.07) is 20.2. The smallest absolute Gasteiger partial charge is 0.290 e. The number of methoxy groups -OCH3 is 2. The molecule has 36 heavy (non-hydrogen) atoms. The quantitative estimate of drug-likeness (QED) is 0.429. The number of ether oxygens (including phenoxy) is 2. The summed E-state index contributed by atoms with van der Waals surface area (Å²) in [5, 5.41) is 20.5. The summed E-state index contributed by atoms with van der Waals surface area (Å²) < 4.78 is 10.7. The van der Waals surface area contributed by atoms with Gasteiger partial charge in [-0.05, 0) is 53.5 Å². The third-order valence-electron chi connectivity index (χ3n) is 6.09. The van der Waals surface area contributed by atoms with Gasteiger partial charge >= 0.3 is 0 Å². The van der Waals surface area contributed by atoms with Crippen LogP contribution in [-0.4, -0.2) is 47.6 Å². The SMILES string of the molecule is COc1ccc(CCN2C(=O)C(O)=C(C(=O)/C=C/c3ccccc3)[C@@H]2c2ccc(O)cc2)cc1OC. The Bertz CT molecular complexity index is 1310. The fourth-order valence-corrected chi connectivity index (χ4v) is 4.25. The summed E-state index contributed by atoms with van der Waals surface area (Å²) in [5.74, 6) is -0.423. The van der Waals surface area contributed by atoms with Crippen molar-refractivity contribution >= 4 is 17.8 Å². The van der Waals surface area contributed by atoms with Gasteiger partial charge in [0.1, 0.15) is 5.75 Å². The van der Waals surface area contributed by atoms with Gasteiger partial charge in [0, 0.05) is 6.54 Å². The highest BCUT2D eigenvalue weighted by molar-refractivity contribution is 6.14.